The molecular formula is C10H19N5O. The number of nitrogens with zero attached hydrogens (tertiary/aromatic N) is 3. The van der Waals surface area contributed by atoms with Gasteiger partial charge in [-0.1, -0.05) is 12.1 Å². The molecule has 0 bridgehead atoms. The van der Waals surface area contributed by atoms with Crippen LogP contribution >= 0.6 is 0 Å². The van der Waals surface area contributed by atoms with Gasteiger partial charge in [0.05, 0.1) is 0 Å². The van der Waals surface area contributed by atoms with Gasteiger partial charge in [-0.3, -0.25) is 0 Å². The maximum Gasteiger partial charge on any atom is 0.223 e. The van der Waals surface area contributed by atoms with Crippen molar-refractivity contribution in [2.24, 2.45) is 4.99 Å². The van der Waals surface area contributed by atoms with Crippen LogP contribution in [0.5, 0.6) is 0 Å². The highest BCUT2D eigenvalue weighted by Crippen LogP contribution is 1.96. The van der Waals surface area contributed by atoms with E-state index in [4.69, 9.17) is 4.52 Å². The molecule has 0 aliphatic rings. The Morgan fingerprint density at radius 1 is 1.38 bits per heavy atom. The van der Waals surface area contributed by atoms with Gasteiger partial charge in [0.1, 0.15) is 6.54 Å². The van der Waals surface area contributed by atoms with E-state index in [0.29, 0.717) is 18.3 Å². The van der Waals surface area contributed by atoms with Crippen LogP contribution in [0.15, 0.2) is 9.52 Å². The molecule has 0 saturated carbocycles. The standard InChI is InChI=1S/C10H19N5O/c1-4-6-12-10(11-5-2)13-7-9-14-8(3)16-15-9/h4-7H2,1-3H3,(H2,11,12,13). The Bertz CT molecular complexity index is 334. The van der Waals surface area contributed by atoms with Crippen molar-refractivity contribution in [3.63, 3.8) is 0 Å². The zero-order valence-corrected chi connectivity index (χ0v) is 10.1. The predicted octanol–water partition coefficient (Wildman–Crippen LogP) is 0.843. The van der Waals surface area contributed by atoms with E-state index in [0.717, 1.165) is 25.5 Å². The van der Waals surface area contributed by atoms with Crippen molar-refractivity contribution in [2.75, 3.05) is 13.1 Å². The maximum absolute atomic E-state index is 4.87. The Balaban J connectivity index is 2.49. The molecule has 6 nitrogen and oxygen atoms in total. The molecule has 0 aliphatic heterocycles. The van der Waals surface area contributed by atoms with Crippen molar-refractivity contribution in [3.8, 4) is 0 Å². The zero-order valence-electron chi connectivity index (χ0n) is 10.1. The molecule has 0 aliphatic carbocycles. The van der Waals surface area contributed by atoms with E-state index >= 15 is 0 Å². The number of aliphatic imine (C=N–C) groups is 1. The summed E-state index contributed by atoms with van der Waals surface area (Å²) < 4.78 is 4.87. The fourth-order valence-electron chi connectivity index (χ4n) is 1.14. The molecule has 90 valence electrons. The summed E-state index contributed by atoms with van der Waals surface area (Å²) in [5, 5.41) is 10.1. The van der Waals surface area contributed by atoms with Crippen LogP contribution in [0, 0.1) is 6.92 Å². The molecule has 1 rings (SSSR count). The fourth-order valence-corrected chi connectivity index (χ4v) is 1.14. The molecule has 0 fully saturated rings. The van der Waals surface area contributed by atoms with Crippen molar-refractivity contribution in [1.82, 2.24) is 20.8 Å². The van der Waals surface area contributed by atoms with Gasteiger partial charge in [-0.15, -0.1) is 0 Å². The van der Waals surface area contributed by atoms with E-state index in [1.165, 1.54) is 0 Å². The summed E-state index contributed by atoms with van der Waals surface area (Å²) in [5.74, 6) is 1.95. The van der Waals surface area contributed by atoms with Gasteiger partial charge in [0.25, 0.3) is 0 Å². The zero-order chi connectivity index (χ0) is 11.8. The first-order valence-electron chi connectivity index (χ1n) is 5.57. The SMILES string of the molecule is CCCNC(=NCc1noc(C)n1)NCC. The smallest absolute Gasteiger partial charge is 0.223 e. The monoisotopic (exact) mass is 225 g/mol. The van der Waals surface area contributed by atoms with Crippen LogP contribution in [-0.2, 0) is 6.54 Å². The average molecular weight is 225 g/mol. The van der Waals surface area contributed by atoms with Crippen LogP contribution in [0.4, 0.5) is 0 Å². The highest BCUT2D eigenvalue weighted by atomic mass is 16.5. The second kappa shape index (κ2) is 6.81. The Kier molecular flexibility index (Phi) is 5.31. The molecule has 1 aromatic heterocycles. The summed E-state index contributed by atoms with van der Waals surface area (Å²) in [5.41, 5.74) is 0. The van der Waals surface area contributed by atoms with Gasteiger partial charge < -0.3 is 15.2 Å². The van der Waals surface area contributed by atoms with E-state index in [-0.39, 0.29) is 0 Å². The first kappa shape index (κ1) is 12.5. The van der Waals surface area contributed by atoms with Crippen molar-refractivity contribution in [3.05, 3.63) is 11.7 Å². The van der Waals surface area contributed by atoms with Gasteiger partial charge in [0.15, 0.2) is 11.8 Å². The van der Waals surface area contributed by atoms with Crippen molar-refractivity contribution >= 4 is 5.96 Å². The van der Waals surface area contributed by atoms with Gasteiger partial charge in [-0.05, 0) is 13.3 Å². The first-order valence-corrected chi connectivity index (χ1v) is 5.57. The number of aryl methyl sites for hydroxylation is 1. The summed E-state index contributed by atoms with van der Waals surface area (Å²) in [6, 6.07) is 0. The van der Waals surface area contributed by atoms with Gasteiger partial charge >= 0.3 is 0 Å². The molecule has 0 saturated heterocycles. The highest BCUT2D eigenvalue weighted by molar-refractivity contribution is 5.79. The largest absolute Gasteiger partial charge is 0.357 e. The summed E-state index contributed by atoms with van der Waals surface area (Å²) in [4.78, 5) is 8.43. The van der Waals surface area contributed by atoms with Crippen LogP contribution in [0.3, 0.4) is 0 Å². The number of hydrogen-bond donors (Lipinski definition) is 2. The molecule has 2 N–H and O–H groups in total. The third kappa shape index (κ3) is 4.29. The lowest BCUT2D eigenvalue weighted by molar-refractivity contribution is 0.387. The Morgan fingerprint density at radius 2 is 2.19 bits per heavy atom. The number of aromatic nitrogens is 2. The second-order valence-electron chi connectivity index (χ2n) is 3.35. The lowest BCUT2D eigenvalue weighted by Gasteiger charge is -2.09. The lowest BCUT2D eigenvalue weighted by atomic mass is 10.5. The van der Waals surface area contributed by atoms with Crippen molar-refractivity contribution < 1.29 is 4.52 Å². The topological polar surface area (TPSA) is 75.3 Å². The number of guanidine groups is 1. The first-order chi connectivity index (χ1) is 7.76. The van der Waals surface area contributed by atoms with Crippen LogP contribution in [0.1, 0.15) is 32.0 Å². The van der Waals surface area contributed by atoms with Gasteiger partial charge in [0, 0.05) is 20.0 Å². The van der Waals surface area contributed by atoms with Gasteiger partial charge in [0.2, 0.25) is 5.89 Å². The predicted molar refractivity (Wildman–Crippen MR) is 62.1 cm³/mol. The Morgan fingerprint density at radius 3 is 2.75 bits per heavy atom. The molecule has 6 heteroatoms. The minimum Gasteiger partial charge on any atom is -0.357 e. The minimum atomic E-state index is 0.427. The maximum atomic E-state index is 4.87. The fraction of sp³-hybridized carbons (Fsp3) is 0.700. The van der Waals surface area contributed by atoms with E-state index in [9.17, 15) is 0 Å². The Labute approximate surface area is 95.5 Å². The van der Waals surface area contributed by atoms with Crippen molar-refractivity contribution in [1.29, 1.82) is 0 Å². The quantitative estimate of drug-likeness (QED) is 0.574. The molecular weight excluding hydrogens is 206 g/mol. The molecule has 0 aromatic carbocycles. The third-order valence-corrected chi connectivity index (χ3v) is 1.83. The van der Waals surface area contributed by atoms with Crippen LogP contribution < -0.4 is 10.6 Å². The average Bonchev–Trinajstić information content (AvgIpc) is 2.68. The third-order valence-electron chi connectivity index (χ3n) is 1.83. The number of rotatable bonds is 5. The molecule has 1 aromatic rings. The summed E-state index contributed by atoms with van der Waals surface area (Å²) in [6.07, 6.45) is 1.06. The summed E-state index contributed by atoms with van der Waals surface area (Å²) in [6.45, 7) is 8.07. The molecule has 0 radical (unpaired) electrons. The van der Waals surface area contributed by atoms with E-state index < -0.39 is 0 Å². The lowest BCUT2D eigenvalue weighted by Crippen LogP contribution is -2.37. The second-order valence-corrected chi connectivity index (χ2v) is 3.35. The molecule has 0 atom stereocenters. The Hall–Kier alpha value is -1.59. The van der Waals surface area contributed by atoms with Crippen LogP contribution in [0.2, 0.25) is 0 Å². The van der Waals surface area contributed by atoms with Crippen molar-refractivity contribution in [2.45, 2.75) is 33.7 Å². The molecule has 0 spiro atoms. The van der Waals surface area contributed by atoms with Gasteiger partial charge in [-0.2, -0.15) is 4.98 Å². The molecule has 0 amide bonds. The van der Waals surface area contributed by atoms with Crippen LogP contribution in [-0.4, -0.2) is 29.2 Å². The van der Waals surface area contributed by atoms with Gasteiger partial charge in [-0.25, -0.2) is 4.99 Å². The van der Waals surface area contributed by atoms with E-state index in [1.54, 1.807) is 6.92 Å². The molecule has 0 unspecified atom stereocenters. The highest BCUT2D eigenvalue weighted by Gasteiger charge is 2.01. The minimum absolute atomic E-state index is 0.427. The number of hydrogen-bond acceptors (Lipinski definition) is 4. The number of nitrogens with one attached hydrogen (secondary N) is 2. The molecule has 16 heavy (non-hydrogen) atoms. The van der Waals surface area contributed by atoms with Crippen LogP contribution in [0.25, 0.3) is 0 Å². The normalized spacial score (nSPS) is 11.6. The summed E-state index contributed by atoms with van der Waals surface area (Å²) >= 11 is 0. The van der Waals surface area contributed by atoms with E-state index in [1.807, 2.05) is 6.92 Å². The summed E-state index contributed by atoms with van der Waals surface area (Å²) in [7, 11) is 0. The molecule has 1 heterocycles. The van der Waals surface area contributed by atoms with E-state index in [2.05, 4.69) is 32.7 Å².